The summed E-state index contributed by atoms with van der Waals surface area (Å²) in [5.74, 6) is 0.207. The number of fused-ring (bicyclic) bond motifs is 1. The lowest BCUT2D eigenvalue weighted by molar-refractivity contribution is -0.129. The summed E-state index contributed by atoms with van der Waals surface area (Å²) in [5, 5.41) is 0. The van der Waals surface area contributed by atoms with Gasteiger partial charge in [-0.3, -0.25) is 9.79 Å². The molecule has 2 rings (SSSR count). The summed E-state index contributed by atoms with van der Waals surface area (Å²) < 4.78 is 0. The van der Waals surface area contributed by atoms with E-state index in [4.69, 9.17) is 0 Å². The number of carbonyl (C=O) groups is 1. The van der Waals surface area contributed by atoms with Gasteiger partial charge >= 0.3 is 0 Å². The number of hydrogen-bond acceptors (Lipinski definition) is 2. The number of nitrogens with zero attached hydrogens (tertiary/aromatic N) is 2. The third-order valence-corrected chi connectivity index (χ3v) is 2.52. The molecule has 0 aliphatic carbocycles. The van der Waals surface area contributed by atoms with Crippen molar-refractivity contribution in [2.24, 2.45) is 4.99 Å². The van der Waals surface area contributed by atoms with Crippen LogP contribution in [-0.4, -0.2) is 35.7 Å². The van der Waals surface area contributed by atoms with E-state index in [1.807, 2.05) is 11.8 Å². The lowest BCUT2D eigenvalue weighted by Crippen LogP contribution is -2.44. The van der Waals surface area contributed by atoms with Gasteiger partial charge in [-0.1, -0.05) is 0 Å². The Hall–Kier alpha value is -0.860. The second kappa shape index (κ2) is 2.32. The SMILES string of the molecule is CC1=NCC(=O)N2CCC[C@@H]12. The van der Waals surface area contributed by atoms with Crippen LogP contribution in [0.1, 0.15) is 19.8 Å². The van der Waals surface area contributed by atoms with Gasteiger partial charge in [0.1, 0.15) is 6.54 Å². The van der Waals surface area contributed by atoms with Gasteiger partial charge in [-0.2, -0.15) is 0 Å². The van der Waals surface area contributed by atoms with E-state index in [1.165, 1.54) is 0 Å². The van der Waals surface area contributed by atoms with Crippen LogP contribution in [0.4, 0.5) is 0 Å². The van der Waals surface area contributed by atoms with Gasteiger partial charge in [-0.15, -0.1) is 0 Å². The minimum Gasteiger partial charge on any atom is -0.333 e. The van der Waals surface area contributed by atoms with Crippen molar-refractivity contribution in [2.75, 3.05) is 13.1 Å². The zero-order chi connectivity index (χ0) is 7.84. The molecule has 0 radical (unpaired) electrons. The molecule has 2 heterocycles. The second-order valence-electron chi connectivity index (χ2n) is 3.20. The fourth-order valence-corrected chi connectivity index (χ4v) is 1.89. The van der Waals surface area contributed by atoms with Crippen LogP contribution < -0.4 is 0 Å². The van der Waals surface area contributed by atoms with E-state index < -0.39 is 0 Å². The van der Waals surface area contributed by atoms with Crippen LogP contribution in [0, 0.1) is 0 Å². The summed E-state index contributed by atoms with van der Waals surface area (Å²) >= 11 is 0. The molecular weight excluding hydrogens is 140 g/mol. The summed E-state index contributed by atoms with van der Waals surface area (Å²) in [6.45, 7) is 3.34. The highest BCUT2D eigenvalue weighted by Crippen LogP contribution is 2.21. The highest BCUT2D eigenvalue weighted by Gasteiger charge is 2.32. The molecule has 2 aliphatic heterocycles. The van der Waals surface area contributed by atoms with E-state index in [0.29, 0.717) is 12.6 Å². The van der Waals surface area contributed by atoms with E-state index in [9.17, 15) is 4.79 Å². The zero-order valence-electron chi connectivity index (χ0n) is 6.71. The van der Waals surface area contributed by atoms with E-state index in [-0.39, 0.29) is 5.91 Å². The Labute approximate surface area is 66.1 Å². The van der Waals surface area contributed by atoms with E-state index in [0.717, 1.165) is 25.1 Å². The fourth-order valence-electron chi connectivity index (χ4n) is 1.89. The van der Waals surface area contributed by atoms with Crippen LogP contribution in [0.3, 0.4) is 0 Å². The largest absolute Gasteiger partial charge is 0.333 e. The Morgan fingerprint density at radius 1 is 1.64 bits per heavy atom. The second-order valence-corrected chi connectivity index (χ2v) is 3.20. The number of amides is 1. The topological polar surface area (TPSA) is 32.7 Å². The number of carbonyl (C=O) groups excluding carboxylic acids is 1. The molecule has 1 saturated heterocycles. The Morgan fingerprint density at radius 2 is 2.45 bits per heavy atom. The number of aliphatic imine (C=N–C) groups is 1. The maximum Gasteiger partial charge on any atom is 0.244 e. The van der Waals surface area contributed by atoms with Gasteiger partial charge < -0.3 is 4.90 Å². The third kappa shape index (κ3) is 0.951. The van der Waals surface area contributed by atoms with Crippen LogP contribution in [0.5, 0.6) is 0 Å². The van der Waals surface area contributed by atoms with Crippen molar-refractivity contribution < 1.29 is 4.79 Å². The van der Waals surface area contributed by atoms with Crippen LogP contribution in [-0.2, 0) is 4.79 Å². The van der Waals surface area contributed by atoms with E-state index in [1.54, 1.807) is 0 Å². The molecule has 1 fully saturated rings. The molecule has 0 spiro atoms. The van der Waals surface area contributed by atoms with Gasteiger partial charge in [0, 0.05) is 12.3 Å². The summed E-state index contributed by atoms with van der Waals surface area (Å²) in [5.41, 5.74) is 1.14. The van der Waals surface area contributed by atoms with Crippen molar-refractivity contribution in [3.8, 4) is 0 Å². The summed E-state index contributed by atoms with van der Waals surface area (Å²) in [7, 11) is 0. The standard InChI is InChI=1S/C8H12N2O/c1-6-7-3-2-4-10(7)8(11)5-9-6/h7H,2-5H2,1H3/t7-/m0/s1. The Kier molecular flexibility index (Phi) is 1.44. The minimum atomic E-state index is 0.207. The highest BCUT2D eigenvalue weighted by atomic mass is 16.2. The van der Waals surface area contributed by atoms with Crippen molar-refractivity contribution in [3.05, 3.63) is 0 Å². The van der Waals surface area contributed by atoms with Crippen molar-refractivity contribution in [1.82, 2.24) is 4.90 Å². The first-order valence-corrected chi connectivity index (χ1v) is 4.09. The molecule has 0 bridgehead atoms. The first-order chi connectivity index (χ1) is 5.29. The summed E-state index contributed by atoms with van der Waals surface area (Å²) in [6, 6.07) is 0.344. The molecular formula is C8H12N2O. The molecule has 0 unspecified atom stereocenters. The van der Waals surface area contributed by atoms with Gasteiger partial charge in [0.25, 0.3) is 0 Å². The molecule has 1 amide bonds. The quantitative estimate of drug-likeness (QED) is 0.496. The van der Waals surface area contributed by atoms with Crippen molar-refractivity contribution in [1.29, 1.82) is 0 Å². The maximum atomic E-state index is 11.2. The monoisotopic (exact) mass is 152 g/mol. The van der Waals surface area contributed by atoms with Gasteiger partial charge in [-0.05, 0) is 19.8 Å². The lowest BCUT2D eigenvalue weighted by Gasteiger charge is -2.27. The molecule has 0 N–H and O–H groups in total. The van der Waals surface area contributed by atoms with Crippen LogP contribution in [0.25, 0.3) is 0 Å². The van der Waals surface area contributed by atoms with Gasteiger partial charge in [0.05, 0.1) is 6.04 Å². The third-order valence-electron chi connectivity index (χ3n) is 2.52. The minimum absolute atomic E-state index is 0.207. The molecule has 1 atom stereocenters. The number of hydrogen-bond donors (Lipinski definition) is 0. The van der Waals surface area contributed by atoms with Crippen molar-refractivity contribution >= 4 is 11.6 Å². The average Bonchev–Trinajstić information content (AvgIpc) is 2.45. The van der Waals surface area contributed by atoms with Gasteiger partial charge in [0.2, 0.25) is 5.91 Å². The molecule has 0 aromatic rings. The van der Waals surface area contributed by atoms with Crippen LogP contribution in [0.2, 0.25) is 0 Å². The molecule has 2 aliphatic rings. The van der Waals surface area contributed by atoms with Crippen molar-refractivity contribution in [2.45, 2.75) is 25.8 Å². The van der Waals surface area contributed by atoms with Crippen LogP contribution in [0.15, 0.2) is 4.99 Å². The molecule has 3 heteroatoms. The zero-order valence-corrected chi connectivity index (χ0v) is 6.71. The molecule has 0 aromatic carbocycles. The fraction of sp³-hybridized carbons (Fsp3) is 0.750. The first-order valence-electron chi connectivity index (χ1n) is 4.09. The Morgan fingerprint density at radius 3 is 3.18 bits per heavy atom. The maximum absolute atomic E-state index is 11.2. The van der Waals surface area contributed by atoms with Crippen molar-refractivity contribution in [3.63, 3.8) is 0 Å². The van der Waals surface area contributed by atoms with E-state index >= 15 is 0 Å². The summed E-state index contributed by atoms with van der Waals surface area (Å²) in [4.78, 5) is 17.4. The summed E-state index contributed by atoms with van der Waals surface area (Å²) in [6.07, 6.45) is 2.25. The molecule has 3 nitrogen and oxygen atoms in total. The Balaban J connectivity index is 2.27. The normalized spacial score (nSPS) is 30.3. The highest BCUT2D eigenvalue weighted by molar-refractivity contribution is 5.96. The molecule has 0 saturated carbocycles. The van der Waals surface area contributed by atoms with Crippen LogP contribution >= 0.6 is 0 Å². The molecule has 60 valence electrons. The predicted octanol–water partition coefficient (Wildman–Crippen LogP) is 0.452. The molecule has 11 heavy (non-hydrogen) atoms. The molecule has 0 aromatic heterocycles. The van der Waals surface area contributed by atoms with E-state index in [2.05, 4.69) is 4.99 Å². The first kappa shape index (κ1) is 6.83. The number of rotatable bonds is 0. The Bertz CT molecular complexity index is 222. The van der Waals surface area contributed by atoms with Gasteiger partial charge in [0.15, 0.2) is 0 Å². The van der Waals surface area contributed by atoms with Gasteiger partial charge in [-0.25, -0.2) is 0 Å². The lowest BCUT2D eigenvalue weighted by atomic mass is 10.1. The average molecular weight is 152 g/mol. The smallest absolute Gasteiger partial charge is 0.244 e. The predicted molar refractivity (Wildman–Crippen MR) is 42.7 cm³/mol.